The van der Waals surface area contributed by atoms with Crippen molar-refractivity contribution < 1.29 is 9.59 Å². The summed E-state index contributed by atoms with van der Waals surface area (Å²) >= 11 is 1.44. The first-order valence-electron chi connectivity index (χ1n) is 12.1. The second-order valence-electron chi connectivity index (χ2n) is 9.30. The highest BCUT2D eigenvalue weighted by atomic mass is 32.1. The third kappa shape index (κ3) is 4.78. The SMILES string of the molecule is CC(=O)c1ccc(-c2ccnc3nc(-c4[nH]nc5ncc(-c6cncc(NC(=O)CN(C)C)c6)cc45)[nH]c23)s1. The van der Waals surface area contributed by atoms with Crippen molar-refractivity contribution in [3.63, 3.8) is 0 Å². The molecule has 0 aliphatic rings. The molecular weight excluding hydrogens is 514 g/mol. The number of hydrogen-bond donors (Lipinski definition) is 3. The topological polar surface area (TPSA) is 145 Å². The molecule has 6 aromatic rings. The van der Waals surface area contributed by atoms with Crippen LogP contribution in [0.15, 0.2) is 55.1 Å². The lowest BCUT2D eigenvalue weighted by molar-refractivity contribution is -0.116. The number of aromatic amines is 2. The number of imidazole rings is 1. The van der Waals surface area contributed by atoms with Crippen molar-refractivity contribution in [1.82, 2.24) is 40.0 Å². The summed E-state index contributed by atoms with van der Waals surface area (Å²) in [5.41, 5.74) is 5.65. The molecule has 6 aromatic heterocycles. The Bertz CT molecular complexity index is 1870. The third-order valence-corrected chi connectivity index (χ3v) is 7.29. The van der Waals surface area contributed by atoms with Crippen LogP contribution < -0.4 is 5.32 Å². The Morgan fingerprint density at radius 3 is 2.67 bits per heavy atom. The van der Waals surface area contributed by atoms with Crippen molar-refractivity contribution in [3.05, 3.63) is 60.0 Å². The van der Waals surface area contributed by atoms with Gasteiger partial charge in [-0.15, -0.1) is 11.3 Å². The van der Waals surface area contributed by atoms with Gasteiger partial charge in [0.1, 0.15) is 5.69 Å². The van der Waals surface area contributed by atoms with Crippen LogP contribution in [0.5, 0.6) is 0 Å². The van der Waals surface area contributed by atoms with E-state index in [1.165, 1.54) is 11.3 Å². The van der Waals surface area contributed by atoms with E-state index in [2.05, 4.69) is 35.5 Å². The molecule has 11 nitrogen and oxygen atoms in total. The van der Waals surface area contributed by atoms with Crippen LogP contribution in [0.3, 0.4) is 0 Å². The maximum atomic E-state index is 12.2. The van der Waals surface area contributed by atoms with E-state index in [1.54, 1.807) is 36.6 Å². The Labute approximate surface area is 226 Å². The molecule has 0 atom stereocenters. The van der Waals surface area contributed by atoms with Gasteiger partial charge < -0.3 is 15.2 Å². The molecule has 1 amide bonds. The van der Waals surface area contributed by atoms with Crippen LogP contribution in [-0.2, 0) is 4.79 Å². The van der Waals surface area contributed by atoms with E-state index in [-0.39, 0.29) is 18.2 Å². The lowest BCUT2D eigenvalue weighted by Gasteiger charge is -2.10. The van der Waals surface area contributed by atoms with E-state index in [4.69, 9.17) is 4.98 Å². The molecule has 0 spiro atoms. The highest BCUT2D eigenvalue weighted by Crippen LogP contribution is 2.35. The van der Waals surface area contributed by atoms with E-state index in [1.807, 2.05) is 44.4 Å². The molecule has 194 valence electrons. The number of H-pyrrole nitrogens is 2. The quantitative estimate of drug-likeness (QED) is 0.254. The normalized spacial score (nSPS) is 11.5. The van der Waals surface area contributed by atoms with Gasteiger partial charge in [-0.3, -0.25) is 19.7 Å². The molecule has 3 N–H and O–H groups in total. The second kappa shape index (κ2) is 9.82. The number of fused-ring (bicyclic) bond motifs is 2. The maximum Gasteiger partial charge on any atom is 0.238 e. The van der Waals surface area contributed by atoms with E-state index in [0.717, 1.165) is 32.5 Å². The number of rotatable bonds is 7. The number of amides is 1. The first-order chi connectivity index (χ1) is 18.9. The average molecular weight is 538 g/mol. The van der Waals surface area contributed by atoms with E-state index >= 15 is 0 Å². The van der Waals surface area contributed by atoms with Crippen molar-refractivity contribution in [2.24, 2.45) is 0 Å². The van der Waals surface area contributed by atoms with Gasteiger partial charge in [0.15, 0.2) is 22.9 Å². The van der Waals surface area contributed by atoms with Gasteiger partial charge in [-0.2, -0.15) is 5.10 Å². The number of thiophene rings is 1. The summed E-state index contributed by atoms with van der Waals surface area (Å²) in [4.78, 5) is 48.8. The molecule has 0 saturated heterocycles. The maximum absolute atomic E-state index is 12.2. The Hall–Kier alpha value is -4.81. The zero-order chi connectivity index (χ0) is 27.1. The molecule has 0 aliphatic carbocycles. The van der Waals surface area contributed by atoms with Gasteiger partial charge in [0, 0.05) is 40.2 Å². The Kier molecular flexibility index (Phi) is 6.17. The second-order valence-corrected chi connectivity index (χ2v) is 10.4. The summed E-state index contributed by atoms with van der Waals surface area (Å²) in [7, 11) is 3.67. The summed E-state index contributed by atoms with van der Waals surface area (Å²) < 4.78 is 0. The molecule has 12 heteroatoms. The number of carbonyl (C=O) groups excluding carboxylic acids is 2. The number of carbonyl (C=O) groups is 2. The van der Waals surface area contributed by atoms with Crippen LogP contribution in [0.2, 0.25) is 0 Å². The predicted octanol–water partition coefficient (Wildman–Crippen LogP) is 4.39. The van der Waals surface area contributed by atoms with E-state index in [0.29, 0.717) is 33.4 Å². The fraction of sp³-hybridized carbons (Fsp3) is 0.148. The van der Waals surface area contributed by atoms with Gasteiger partial charge in [-0.05, 0) is 51.4 Å². The zero-order valence-electron chi connectivity index (χ0n) is 21.3. The Morgan fingerprint density at radius 1 is 1.03 bits per heavy atom. The summed E-state index contributed by atoms with van der Waals surface area (Å²) in [5, 5.41) is 11.0. The Morgan fingerprint density at radius 2 is 1.87 bits per heavy atom. The molecule has 0 aliphatic heterocycles. The average Bonchev–Trinajstić information content (AvgIpc) is 3.65. The standard InChI is InChI=1S/C27H23N9O2S/c1-14(37)20-4-5-21(39-20)18-6-7-29-26-23(18)32-27(33-26)24-19-9-16(11-30-25(19)35-34-24)15-8-17(12-28-10-15)31-22(38)13-36(2)3/h4-12H,13H2,1-3H3,(H,31,38)(H,29,32,33)(H,30,34,35). The molecule has 0 bridgehead atoms. The summed E-state index contributed by atoms with van der Waals surface area (Å²) in [6.45, 7) is 1.83. The van der Waals surface area contributed by atoms with Crippen LogP contribution in [-0.4, -0.2) is 72.3 Å². The lowest BCUT2D eigenvalue weighted by atomic mass is 10.1. The first-order valence-corrected chi connectivity index (χ1v) is 12.9. The largest absolute Gasteiger partial charge is 0.335 e. The smallest absolute Gasteiger partial charge is 0.238 e. The van der Waals surface area contributed by atoms with Crippen LogP contribution in [0.4, 0.5) is 5.69 Å². The minimum absolute atomic E-state index is 0.0331. The van der Waals surface area contributed by atoms with Crippen LogP contribution in [0.1, 0.15) is 16.6 Å². The van der Waals surface area contributed by atoms with Crippen LogP contribution >= 0.6 is 11.3 Å². The number of Topliss-reactive ketones (excluding diaryl/α,β-unsaturated/α-hetero) is 1. The molecular formula is C27H23N9O2S. The molecule has 0 aromatic carbocycles. The lowest BCUT2D eigenvalue weighted by Crippen LogP contribution is -2.27. The predicted molar refractivity (Wildman–Crippen MR) is 151 cm³/mol. The van der Waals surface area contributed by atoms with Gasteiger partial charge in [0.05, 0.1) is 34.2 Å². The van der Waals surface area contributed by atoms with E-state index in [9.17, 15) is 9.59 Å². The molecule has 0 unspecified atom stereocenters. The Balaban J connectivity index is 1.37. The monoisotopic (exact) mass is 537 g/mol. The van der Waals surface area contributed by atoms with Crippen LogP contribution in [0, 0.1) is 0 Å². The van der Waals surface area contributed by atoms with Crippen LogP contribution in [0.25, 0.3) is 55.3 Å². The van der Waals surface area contributed by atoms with Gasteiger partial charge in [0.25, 0.3) is 0 Å². The fourth-order valence-electron chi connectivity index (χ4n) is 4.30. The summed E-state index contributed by atoms with van der Waals surface area (Å²) in [5.74, 6) is 0.478. The first kappa shape index (κ1) is 24.5. The highest BCUT2D eigenvalue weighted by molar-refractivity contribution is 7.17. The van der Waals surface area contributed by atoms with Gasteiger partial charge in [-0.1, -0.05) is 0 Å². The van der Waals surface area contributed by atoms with Crippen molar-refractivity contribution in [2.45, 2.75) is 6.92 Å². The van der Waals surface area contributed by atoms with Gasteiger partial charge >= 0.3 is 0 Å². The molecule has 39 heavy (non-hydrogen) atoms. The molecule has 0 saturated carbocycles. The fourth-order valence-corrected chi connectivity index (χ4v) is 5.23. The molecule has 6 rings (SSSR count). The number of aromatic nitrogens is 7. The number of anilines is 1. The highest BCUT2D eigenvalue weighted by Gasteiger charge is 2.18. The third-order valence-electron chi connectivity index (χ3n) is 6.07. The number of hydrogen-bond acceptors (Lipinski definition) is 9. The minimum atomic E-state index is -0.123. The van der Waals surface area contributed by atoms with Crippen molar-refractivity contribution in [2.75, 3.05) is 26.0 Å². The number of ketones is 1. The van der Waals surface area contributed by atoms with Gasteiger partial charge in [-0.25, -0.2) is 15.0 Å². The zero-order valence-corrected chi connectivity index (χ0v) is 22.1. The number of likely N-dealkylation sites (N-methyl/N-ethyl adjacent to an activating group) is 1. The minimum Gasteiger partial charge on any atom is -0.335 e. The van der Waals surface area contributed by atoms with Crippen molar-refractivity contribution in [1.29, 1.82) is 0 Å². The number of nitrogens with one attached hydrogen (secondary N) is 3. The van der Waals surface area contributed by atoms with Gasteiger partial charge in [0.2, 0.25) is 5.91 Å². The molecule has 0 radical (unpaired) electrons. The van der Waals surface area contributed by atoms with Crippen molar-refractivity contribution in [3.8, 4) is 33.1 Å². The van der Waals surface area contributed by atoms with Crippen molar-refractivity contribution >= 4 is 50.9 Å². The molecule has 0 fully saturated rings. The van der Waals surface area contributed by atoms with E-state index < -0.39 is 0 Å². The number of pyridine rings is 3. The summed E-state index contributed by atoms with van der Waals surface area (Å²) in [6, 6.07) is 9.49. The molecule has 6 heterocycles. The summed E-state index contributed by atoms with van der Waals surface area (Å²) in [6.07, 6.45) is 6.75. The number of nitrogens with zero attached hydrogens (tertiary/aromatic N) is 6.